The molecule has 3 rings (SSSR count). The lowest BCUT2D eigenvalue weighted by atomic mass is 10.1. The zero-order valence-corrected chi connectivity index (χ0v) is 17.8. The van der Waals surface area contributed by atoms with E-state index in [1.54, 1.807) is 28.8 Å². The van der Waals surface area contributed by atoms with Gasteiger partial charge in [-0.15, -0.1) is 0 Å². The van der Waals surface area contributed by atoms with Crippen LogP contribution in [0.1, 0.15) is 23.7 Å². The number of ketones is 1. The molecule has 0 radical (unpaired) electrons. The van der Waals surface area contributed by atoms with Crippen LogP contribution in [-0.2, 0) is 22.6 Å². The summed E-state index contributed by atoms with van der Waals surface area (Å²) in [6.45, 7) is 1.89. The van der Waals surface area contributed by atoms with Gasteiger partial charge in [0.15, 0.2) is 12.4 Å². The van der Waals surface area contributed by atoms with E-state index >= 15 is 0 Å². The molecule has 0 atom stereocenters. The average molecular weight is 461 g/mol. The molecule has 1 aromatic heterocycles. The number of Topliss-reactive ketones (excluding diaryl/α,β-unsaturated/α-hetero) is 1. The highest BCUT2D eigenvalue weighted by molar-refractivity contribution is 9.10. The van der Waals surface area contributed by atoms with Gasteiger partial charge in [-0.05, 0) is 52.7 Å². The minimum absolute atomic E-state index is 0.254. The van der Waals surface area contributed by atoms with E-state index in [2.05, 4.69) is 15.9 Å². The number of para-hydroxylation sites is 2. The second-order valence-electron chi connectivity index (χ2n) is 6.44. The van der Waals surface area contributed by atoms with Gasteiger partial charge in [-0.1, -0.05) is 19.1 Å². The predicted octanol–water partition coefficient (Wildman–Crippen LogP) is 3.41. The highest BCUT2D eigenvalue weighted by Crippen LogP contribution is 2.25. The molecule has 0 amide bonds. The number of esters is 1. The number of aryl methyl sites for hydroxylation is 1. The second-order valence-corrected chi connectivity index (χ2v) is 7.30. The first-order chi connectivity index (χ1) is 14.0. The molecule has 3 aromatic rings. The molecular weight excluding hydrogens is 440 g/mol. The molecule has 0 aliphatic rings. The number of ether oxygens (including phenoxy) is 2. The van der Waals surface area contributed by atoms with E-state index in [0.29, 0.717) is 27.8 Å². The van der Waals surface area contributed by atoms with Crippen molar-refractivity contribution in [3.8, 4) is 5.75 Å². The molecule has 0 aliphatic carbocycles. The van der Waals surface area contributed by atoms with E-state index < -0.39 is 12.6 Å². The number of hydrogen-bond donors (Lipinski definition) is 0. The van der Waals surface area contributed by atoms with E-state index in [1.165, 1.54) is 11.7 Å². The Morgan fingerprint density at radius 3 is 2.38 bits per heavy atom. The lowest BCUT2D eigenvalue weighted by Crippen LogP contribution is -2.28. The Morgan fingerprint density at radius 2 is 1.76 bits per heavy atom. The van der Waals surface area contributed by atoms with Gasteiger partial charge in [0.2, 0.25) is 0 Å². The van der Waals surface area contributed by atoms with Gasteiger partial charge in [-0.3, -0.25) is 18.7 Å². The van der Waals surface area contributed by atoms with Gasteiger partial charge in [0.25, 0.3) is 0 Å². The standard InChI is InChI=1S/C21H21BrN2O5/c1-3-10-23-16-6-4-5-7-17(16)24(21(23)27)12-20(26)29-13-18(25)14-8-9-19(28-2)15(22)11-14/h4-9,11H,3,10,12-13H2,1-2H3. The molecule has 7 nitrogen and oxygen atoms in total. The molecule has 8 heteroatoms. The minimum Gasteiger partial charge on any atom is -0.496 e. The van der Waals surface area contributed by atoms with Crippen LogP contribution in [0.5, 0.6) is 5.75 Å². The number of carbonyl (C=O) groups is 2. The number of benzene rings is 2. The molecule has 0 unspecified atom stereocenters. The molecule has 0 aliphatic heterocycles. The van der Waals surface area contributed by atoms with Gasteiger partial charge in [0.05, 0.1) is 22.6 Å². The Labute approximate surface area is 176 Å². The fourth-order valence-electron chi connectivity index (χ4n) is 3.11. The Hall–Kier alpha value is -2.87. The number of fused-ring (bicyclic) bond motifs is 1. The summed E-state index contributed by atoms with van der Waals surface area (Å²) in [6.07, 6.45) is 0.796. The maximum atomic E-state index is 12.7. The topological polar surface area (TPSA) is 79.5 Å². The van der Waals surface area contributed by atoms with Gasteiger partial charge in [0.1, 0.15) is 12.3 Å². The smallest absolute Gasteiger partial charge is 0.329 e. The largest absolute Gasteiger partial charge is 0.496 e. The third-order valence-corrected chi connectivity index (χ3v) is 5.12. The summed E-state index contributed by atoms with van der Waals surface area (Å²) < 4.78 is 13.9. The monoisotopic (exact) mass is 460 g/mol. The van der Waals surface area contributed by atoms with Gasteiger partial charge in [-0.2, -0.15) is 0 Å². The molecule has 29 heavy (non-hydrogen) atoms. The Kier molecular flexibility index (Phi) is 6.53. The lowest BCUT2D eigenvalue weighted by molar-refractivity contribution is -0.143. The normalized spacial score (nSPS) is 10.9. The summed E-state index contributed by atoms with van der Waals surface area (Å²) in [5, 5.41) is 0. The van der Waals surface area contributed by atoms with E-state index in [9.17, 15) is 14.4 Å². The third-order valence-electron chi connectivity index (χ3n) is 4.50. The van der Waals surface area contributed by atoms with Crippen LogP contribution in [0.2, 0.25) is 0 Å². The van der Waals surface area contributed by atoms with Crippen molar-refractivity contribution < 1.29 is 19.1 Å². The van der Waals surface area contributed by atoms with Crippen LogP contribution in [0.25, 0.3) is 11.0 Å². The van der Waals surface area contributed by atoms with Crippen LogP contribution in [0.4, 0.5) is 0 Å². The van der Waals surface area contributed by atoms with Gasteiger partial charge >= 0.3 is 11.7 Å². The molecule has 0 fully saturated rings. The molecule has 1 heterocycles. The number of aromatic nitrogens is 2. The van der Waals surface area contributed by atoms with Crippen LogP contribution in [-0.4, -0.2) is 34.6 Å². The Morgan fingerprint density at radius 1 is 1.07 bits per heavy atom. The highest BCUT2D eigenvalue weighted by Gasteiger charge is 2.17. The average Bonchev–Trinajstić information content (AvgIpc) is 2.98. The summed E-state index contributed by atoms with van der Waals surface area (Å²) in [7, 11) is 1.53. The minimum atomic E-state index is -0.646. The highest BCUT2D eigenvalue weighted by atomic mass is 79.9. The fourth-order valence-corrected chi connectivity index (χ4v) is 3.65. The van der Waals surface area contributed by atoms with E-state index in [0.717, 1.165) is 11.9 Å². The molecular formula is C21H21BrN2O5. The van der Waals surface area contributed by atoms with Crippen molar-refractivity contribution in [1.29, 1.82) is 0 Å². The summed E-state index contributed by atoms with van der Waals surface area (Å²) in [5.41, 5.74) is 1.55. The van der Waals surface area contributed by atoms with Crippen LogP contribution in [0.3, 0.4) is 0 Å². The first-order valence-corrected chi connectivity index (χ1v) is 9.96. The first kappa shape index (κ1) is 20.9. The summed E-state index contributed by atoms with van der Waals surface area (Å²) >= 11 is 3.32. The van der Waals surface area contributed by atoms with Crippen molar-refractivity contribution in [3.63, 3.8) is 0 Å². The number of nitrogens with zero attached hydrogens (tertiary/aromatic N) is 2. The molecule has 0 bridgehead atoms. The van der Waals surface area contributed by atoms with Crippen molar-refractivity contribution in [3.05, 3.63) is 63.0 Å². The molecule has 0 saturated carbocycles. The summed E-state index contributed by atoms with van der Waals surface area (Å²) in [5.74, 6) is -0.392. The molecule has 152 valence electrons. The van der Waals surface area contributed by atoms with Crippen molar-refractivity contribution >= 4 is 38.7 Å². The van der Waals surface area contributed by atoms with E-state index in [-0.39, 0.29) is 18.0 Å². The van der Waals surface area contributed by atoms with E-state index in [1.807, 2.05) is 25.1 Å². The SMILES string of the molecule is CCCn1c(=O)n(CC(=O)OCC(=O)c2ccc(OC)c(Br)c2)c2ccccc21. The number of hydrogen-bond acceptors (Lipinski definition) is 5. The zero-order chi connectivity index (χ0) is 21.0. The molecule has 0 N–H and O–H groups in total. The molecule has 0 saturated heterocycles. The van der Waals surface area contributed by atoms with Crippen LogP contribution >= 0.6 is 15.9 Å². The maximum absolute atomic E-state index is 12.7. The quantitative estimate of drug-likeness (QED) is 0.380. The fraction of sp³-hybridized carbons (Fsp3) is 0.286. The Bertz CT molecular complexity index is 1120. The summed E-state index contributed by atoms with van der Waals surface area (Å²) in [6, 6.07) is 12.2. The van der Waals surface area contributed by atoms with Crippen LogP contribution < -0.4 is 10.4 Å². The Balaban J connectivity index is 1.71. The number of carbonyl (C=O) groups excluding carboxylic acids is 2. The maximum Gasteiger partial charge on any atom is 0.329 e. The zero-order valence-electron chi connectivity index (χ0n) is 16.2. The van der Waals surface area contributed by atoms with Crippen LogP contribution in [0, 0.1) is 0 Å². The molecule has 0 spiro atoms. The predicted molar refractivity (Wildman–Crippen MR) is 112 cm³/mol. The number of imidazole rings is 1. The number of rotatable bonds is 8. The van der Waals surface area contributed by atoms with Crippen molar-refractivity contribution in [1.82, 2.24) is 9.13 Å². The van der Waals surface area contributed by atoms with Gasteiger partial charge in [-0.25, -0.2) is 4.79 Å². The lowest BCUT2D eigenvalue weighted by Gasteiger charge is -2.07. The third kappa shape index (κ3) is 4.42. The van der Waals surface area contributed by atoms with Gasteiger partial charge < -0.3 is 9.47 Å². The molecule has 2 aromatic carbocycles. The van der Waals surface area contributed by atoms with Crippen molar-refractivity contribution in [2.75, 3.05) is 13.7 Å². The van der Waals surface area contributed by atoms with Crippen molar-refractivity contribution in [2.45, 2.75) is 26.4 Å². The number of methoxy groups -OCH3 is 1. The second kappa shape index (κ2) is 9.09. The van der Waals surface area contributed by atoms with Crippen LogP contribution in [0.15, 0.2) is 51.7 Å². The van der Waals surface area contributed by atoms with Gasteiger partial charge in [0, 0.05) is 12.1 Å². The van der Waals surface area contributed by atoms with E-state index in [4.69, 9.17) is 9.47 Å². The number of halogens is 1. The first-order valence-electron chi connectivity index (χ1n) is 9.16. The summed E-state index contributed by atoms with van der Waals surface area (Å²) in [4.78, 5) is 37.3. The van der Waals surface area contributed by atoms with Crippen molar-refractivity contribution in [2.24, 2.45) is 0 Å².